The molecule has 1 aromatic heterocycles. The summed E-state index contributed by atoms with van der Waals surface area (Å²) in [7, 11) is 0. The van der Waals surface area contributed by atoms with Gasteiger partial charge < -0.3 is 0 Å². The van der Waals surface area contributed by atoms with E-state index in [0.29, 0.717) is 0 Å². The van der Waals surface area contributed by atoms with Crippen molar-refractivity contribution in [1.29, 1.82) is 0 Å². The van der Waals surface area contributed by atoms with E-state index < -0.39 is 0 Å². The lowest BCUT2D eigenvalue weighted by atomic mass is 9.97. The minimum atomic E-state index is 0.926. The Hall–Kier alpha value is -2.93. The summed E-state index contributed by atoms with van der Waals surface area (Å²) in [5.41, 5.74) is 1.89. The fourth-order valence-electron chi connectivity index (χ4n) is 3.35. The van der Waals surface area contributed by atoms with Crippen molar-refractivity contribution in [2.45, 2.75) is 0 Å². The molecule has 0 fully saturated rings. The second kappa shape index (κ2) is 4.28. The number of hydrogen-bond donors (Lipinski definition) is 0. The van der Waals surface area contributed by atoms with Gasteiger partial charge in [0.15, 0.2) is 0 Å². The zero-order valence-electron chi connectivity index (χ0n) is 11.9. The Morgan fingerprint density at radius 2 is 1.05 bits per heavy atom. The fourth-order valence-corrected chi connectivity index (χ4v) is 3.35. The van der Waals surface area contributed by atoms with Gasteiger partial charge in [0.1, 0.15) is 0 Å². The van der Waals surface area contributed by atoms with E-state index >= 15 is 0 Å². The van der Waals surface area contributed by atoms with Gasteiger partial charge in [-0.2, -0.15) is 0 Å². The topological polar surface area (TPSA) is 11.3 Å². The van der Waals surface area contributed by atoms with Crippen LogP contribution in [0.3, 0.4) is 0 Å². The molecule has 1 nitrogen and oxygen atoms in total. The van der Waals surface area contributed by atoms with Gasteiger partial charge in [0.2, 0.25) is 0 Å². The zero-order chi connectivity index (χ0) is 14.5. The molecule has 0 saturated carbocycles. The number of hydrogen-bond acceptors (Lipinski definition) is 0. The van der Waals surface area contributed by atoms with Gasteiger partial charge in [-0.3, -0.25) is 0 Å². The summed E-state index contributed by atoms with van der Waals surface area (Å²) < 4.78 is 6.27. The van der Waals surface area contributed by atoms with Gasteiger partial charge >= 0.3 is 11.2 Å². The highest BCUT2D eigenvalue weighted by molar-refractivity contribution is 6.24. The van der Waals surface area contributed by atoms with Gasteiger partial charge in [-0.1, -0.05) is 54.6 Å². The molecule has 0 saturated heterocycles. The third-order valence-electron chi connectivity index (χ3n) is 4.35. The summed E-state index contributed by atoms with van der Waals surface area (Å²) in [6.07, 6.45) is 0. The predicted molar refractivity (Wildman–Crippen MR) is 93.1 cm³/mol. The maximum absolute atomic E-state index is 6.27. The SMILES string of the molecule is c1ccc2[o+]c3c4ccccc4c4ccccc4c3cc2c1. The quantitative estimate of drug-likeness (QED) is 0.187. The molecule has 5 aromatic rings. The van der Waals surface area contributed by atoms with Crippen LogP contribution in [0.25, 0.3) is 43.5 Å². The van der Waals surface area contributed by atoms with Crippen molar-refractivity contribution >= 4 is 43.5 Å². The van der Waals surface area contributed by atoms with Crippen LogP contribution < -0.4 is 0 Å². The Labute approximate surface area is 127 Å². The summed E-state index contributed by atoms with van der Waals surface area (Å²) in [5, 5.41) is 7.23. The summed E-state index contributed by atoms with van der Waals surface area (Å²) in [6, 6.07) is 27.4. The molecule has 0 amide bonds. The number of para-hydroxylation sites is 1. The molecular formula is C21H13O+. The van der Waals surface area contributed by atoms with Gasteiger partial charge in [-0.15, -0.1) is 0 Å². The first kappa shape index (κ1) is 11.7. The predicted octanol–water partition coefficient (Wildman–Crippen LogP) is 6.17. The molecule has 102 valence electrons. The van der Waals surface area contributed by atoms with Crippen molar-refractivity contribution < 1.29 is 4.42 Å². The molecule has 4 aromatic carbocycles. The molecule has 0 aliphatic carbocycles. The molecule has 5 rings (SSSR count). The Morgan fingerprint density at radius 3 is 1.82 bits per heavy atom. The third-order valence-corrected chi connectivity index (χ3v) is 4.35. The van der Waals surface area contributed by atoms with E-state index in [1.165, 1.54) is 26.9 Å². The average Bonchev–Trinajstić information content (AvgIpc) is 2.61. The minimum absolute atomic E-state index is 0.926. The Balaban J connectivity index is 2.17. The monoisotopic (exact) mass is 281 g/mol. The lowest BCUT2D eigenvalue weighted by Crippen LogP contribution is -1.83. The smallest absolute Gasteiger partial charge is 0.206 e. The van der Waals surface area contributed by atoms with E-state index in [4.69, 9.17) is 4.42 Å². The maximum Gasteiger partial charge on any atom is 0.369 e. The van der Waals surface area contributed by atoms with E-state index in [-0.39, 0.29) is 0 Å². The normalized spacial score (nSPS) is 11.6. The first-order valence-electron chi connectivity index (χ1n) is 7.47. The Bertz CT molecular complexity index is 1080. The van der Waals surface area contributed by atoms with Crippen LogP contribution in [-0.2, 0) is 0 Å². The molecule has 0 spiro atoms. The largest absolute Gasteiger partial charge is 0.369 e. The van der Waals surface area contributed by atoms with Crippen LogP contribution in [0.5, 0.6) is 0 Å². The highest BCUT2D eigenvalue weighted by Gasteiger charge is 2.18. The van der Waals surface area contributed by atoms with Crippen molar-refractivity contribution in [1.82, 2.24) is 0 Å². The summed E-state index contributed by atoms with van der Waals surface area (Å²) in [4.78, 5) is 0. The van der Waals surface area contributed by atoms with Crippen molar-refractivity contribution in [3.63, 3.8) is 0 Å². The summed E-state index contributed by atoms with van der Waals surface area (Å²) >= 11 is 0. The van der Waals surface area contributed by atoms with Crippen LogP contribution in [-0.4, -0.2) is 0 Å². The molecule has 0 radical (unpaired) electrons. The number of fused-ring (bicyclic) bond motifs is 7. The summed E-state index contributed by atoms with van der Waals surface area (Å²) in [5.74, 6) is 0. The van der Waals surface area contributed by atoms with Gasteiger partial charge in [0.05, 0.1) is 16.2 Å². The van der Waals surface area contributed by atoms with E-state index in [9.17, 15) is 0 Å². The van der Waals surface area contributed by atoms with Crippen LogP contribution in [0.2, 0.25) is 0 Å². The summed E-state index contributed by atoms with van der Waals surface area (Å²) in [6.45, 7) is 0. The van der Waals surface area contributed by atoms with Gasteiger partial charge in [0.25, 0.3) is 0 Å². The zero-order valence-corrected chi connectivity index (χ0v) is 11.9. The first-order chi connectivity index (χ1) is 10.9. The van der Waals surface area contributed by atoms with Crippen molar-refractivity contribution in [2.75, 3.05) is 0 Å². The lowest BCUT2D eigenvalue weighted by Gasteiger charge is -2.04. The molecule has 1 heterocycles. The standard InChI is InChI=1S/C21H13O/c1-6-12-20-14(7-1)13-19-17-10-3-2-8-15(17)16-9-4-5-11-18(16)21(19)22-20/h1-13H/q+1. The molecule has 0 N–H and O–H groups in total. The second-order valence-electron chi connectivity index (χ2n) is 5.62. The molecule has 0 aliphatic rings. The Morgan fingerprint density at radius 1 is 0.500 bits per heavy atom. The molecule has 1 heteroatoms. The van der Waals surface area contributed by atoms with E-state index in [1.807, 2.05) is 18.2 Å². The minimum Gasteiger partial charge on any atom is -0.206 e. The molecule has 0 bridgehead atoms. The second-order valence-corrected chi connectivity index (χ2v) is 5.62. The molecular weight excluding hydrogens is 268 g/mol. The average molecular weight is 281 g/mol. The van der Waals surface area contributed by atoms with Gasteiger partial charge in [-0.05, 0) is 34.4 Å². The van der Waals surface area contributed by atoms with Crippen molar-refractivity contribution in [2.24, 2.45) is 0 Å². The van der Waals surface area contributed by atoms with E-state index in [0.717, 1.165) is 16.6 Å². The molecule has 0 unspecified atom stereocenters. The number of rotatable bonds is 0. The highest BCUT2D eigenvalue weighted by Crippen LogP contribution is 2.36. The van der Waals surface area contributed by atoms with Crippen LogP contribution in [0, 0.1) is 0 Å². The van der Waals surface area contributed by atoms with Crippen LogP contribution >= 0.6 is 0 Å². The third kappa shape index (κ3) is 1.51. The Kier molecular flexibility index (Phi) is 2.28. The van der Waals surface area contributed by atoms with Gasteiger partial charge in [-0.25, -0.2) is 4.42 Å². The maximum atomic E-state index is 6.27. The fraction of sp³-hybridized carbons (Fsp3) is 0. The van der Waals surface area contributed by atoms with E-state index in [2.05, 4.69) is 60.7 Å². The van der Waals surface area contributed by atoms with Gasteiger partial charge in [0, 0.05) is 6.07 Å². The molecule has 0 aliphatic heterocycles. The van der Waals surface area contributed by atoms with Crippen LogP contribution in [0.15, 0.2) is 83.3 Å². The molecule has 0 atom stereocenters. The lowest BCUT2D eigenvalue weighted by molar-refractivity contribution is 0.665. The molecule has 22 heavy (non-hydrogen) atoms. The van der Waals surface area contributed by atoms with Crippen LogP contribution in [0.4, 0.5) is 0 Å². The van der Waals surface area contributed by atoms with Crippen molar-refractivity contribution in [3.8, 4) is 0 Å². The van der Waals surface area contributed by atoms with E-state index in [1.54, 1.807) is 0 Å². The highest BCUT2D eigenvalue weighted by atomic mass is 16.3. The number of benzene rings is 4. The first-order valence-corrected chi connectivity index (χ1v) is 7.47. The van der Waals surface area contributed by atoms with Crippen molar-refractivity contribution in [3.05, 3.63) is 78.9 Å². The van der Waals surface area contributed by atoms with Crippen LogP contribution in [0.1, 0.15) is 0 Å².